The van der Waals surface area contributed by atoms with Crippen LogP contribution in [0.15, 0.2) is 36.9 Å². The topological polar surface area (TPSA) is 49.3 Å². The maximum absolute atomic E-state index is 11.5. The van der Waals surface area contributed by atoms with Gasteiger partial charge in [0, 0.05) is 11.6 Å². The van der Waals surface area contributed by atoms with E-state index in [1.165, 1.54) is 0 Å². The average molecular weight is 205 g/mol. The number of para-hydroxylation sites is 1. The zero-order chi connectivity index (χ0) is 11.3. The minimum absolute atomic E-state index is 0.0524. The van der Waals surface area contributed by atoms with E-state index in [0.717, 1.165) is 0 Å². The highest BCUT2D eigenvalue weighted by atomic mass is 16.3. The minimum Gasteiger partial charge on any atom is -0.508 e. The molecule has 80 valence electrons. The summed E-state index contributed by atoms with van der Waals surface area (Å²) in [6, 6.07) is 6.76. The number of carbonyl (C=O) groups is 1. The molecule has 0 aliphatic rings. The molecular formula is C12H15NO2. The van der Waals surface area contributed by atoms with Crippen molar-refractivity contribution in [2.24, 2.45) is 0 Å². The Bertz CT molecular complexity index is 360. The van der Waals surface area contributed by atoms with E-state index in [1.807, 2.05) is 6.92 Å². The fourth-order valence-corrected chi connectivity index (χ4v) is 1.20. The van der Waals surface area contributed by atoms with Crippen LogP contribution >= 0.6 is 0 Å². The molecule has 3 heteroatoms. The van der Waals surface area contributed by atoms with Crippen molar-refractivity contribution in [3.8, 4) is 5.75 Å². The Labute approximate surface area is 89.4 Å². The molecule has 1 unspecified atom stereocenters. The maximum Gasteiger partial charge on any atom is 0.225 e. The number of rotatable bonds is 4. The molecule has 0 saturated carbocycles. The van der Waals surface area contributed by atoms with Crippen molar-refractivity contribution >= 4 is 5.91 Å². The molecule has 1 aromatic carbocycles. The highest BCUT2D eigenvalue weighted by Gasteiger charge is 2.07. The molecule has 0 heterocycles. The van der Waals surface area contributed by atoms with Gasteiger partial charge in [-0.3, -0.25) is 4.79 Å². The van der Waals surface area contributed by atoms with Crippen molar-refractivity contribution in [3.05, 3.63) is 42.5 Å². The summed E-state index contributed by atoms with van der Waals surface area (Å²) in [6.45, 7) is 5.42. The van der Waals surface area contributed by atoms with Gasteiger partial charge in [-0.1, -0.05) is 24.3 Å². The Balaban J connectivity index is 2.59. The van der Waals surface area contributed by atoms with E-state index in [2.05, 4.69) is 11.9 Å². The summed E-state index contributed by atoms with van der Waals surface area (Å²) in [5, 5.41) is 12.2. The lowest BCUT2D eigenvalue weighted by molar-refractivity contribution is -0.120. The van der Waals surface area contributed by atoms with Crippen molar-refractivity contribution in [3.63, 3.8) is 0 Å². The predicted molar refractivity (Wildman–Crippen MR) is 59.6 cm³/mol. The van der Waals surface area contributed by atoms with Crippen LogP contribution in [0.4, 0.5) is 0 Å². The molecule has 0 bridgehead atoms. The van der Waals surface area contributed by atoms with Crippen LogP contribution in [0.25, 0.3) is 0 Å². The molecule has 0 saturated heterocycles. The van der Waals surface area contributed by atoms with E-state index < -0.39 is 0 Å². The van der Waals surface area contributed by atoms with E-state index >= 15 is 0 Å². The Hall–Kier alpha value is -1.77. The van der Waals surface area contributed by atoms with Crippen LogP contribution in [0.1, 0.15) is 12.5 Å². The number of amides is 1. The molecule has 0 fully saturated rings. The van der Waals surface area contributed by atoms with E-state index in [9.17, 15) is 9.90 Å². The van der Waals surface area contributed by atoms with Crippen LogP contribution in [-0.4, -0.2) is 17.1 Å². The molecule has 1 rings (SSSR count). The Kier molecular flexibility index (Phi) is 3.92. The molecule has 1 aromatic rings. The molecule has 0 aromatic heterocycles. The van der Waals surface area contributed by atoms with Crippen LogP contribution in [-0.2, 0) is 11.2 Å². The van der Waals surface area contributed by atoms with Gasteiger partial charge in [0.2, 0.25) is 5.91 Å². The molecule has 0 aliphatic heterocycles. The highest BCUT2D eigenvalue weighted by Crippen LogP contribution is 2.15. The molecule has 15 heavy (non-hydrogen) atoms. The Morgan fingerprint density at radius 3 is 2.87 bits per heavy atom. The van der Waals surface area contributed by atoms with Gasteiger partial charge in [0.15, 0.2) is 0 Å². The highest BCUT2D eigenvalue weighted by molar-refractivity contribution is 5.79. The fraction of sp³-hybridized carbons (Fsp3) is 0.250. The maximum atomic E-state index is 11.5. The second-order valence-corrected chi connectivity index (χ2v) is 3.40. The van der Waals surface area contributed by atoms with Crippen LogP contribution < -0.4 is 5.32 Å². The van der Waals surface area contributed by atoms with Gasteiger partial charge >= 0.3 is 0 Å². The van der Waals surface area contributed by atoms with E-state index in [0.29, 0.717) is 5.56 Å². The van der Waals surface area contributed by atoms with Crippen LogP contribution in [0.3, 0.4) is 0 Å². The van der Waals surface area contributed by atoms with E-state index in [-0.39, 0.29) is 24.1 Å². The number of nitrogens with one attached hydrogen (secondary N) is 1. The third-order valence-corrected chi connectivity index (χ3v) is 2.08. The Morgan fingerprint density at radius 1 is 1.60 bits per heavy atom. The largest absolute Gasteiger partial charge is 0.508 e. The van der Waals surface area contributed by atoms with E-state index in [4.69, 9.17) is 0 Å². The number of carbonyl (C=O) groups excluding carboxylic acids is 1. The molecule has 1 atom stereocenters. The molecule has 3 nitrogen and oxygen atoms in total. The number of phenolic OH excluding ortho intramolecular Hbond substituents is 1. The summed E-state index contributed by atoms with van der Waals surface area (Å²) in [5.41, 5.74) is 0.631. The number of hydrogen-bond donors (Lipinski definition) is 2. The van der Waals surface area contributed by atoms with Gasteiger partial charge in [-0.25, -0.2) is 0 Å². The molecule has 0 aliphatic carbocycles. The molecule has 1 amide bonds. The Morgan fingerprint density at radius 2 is 2.27 bits per heavy atom. The third kappa shape index (κ3) is 3.46. The SMILES string of the molecule is C=CC(C)NC(=O)Cc1ccccc1O. The lowest BCUT2D eigenvalue weighted by atomic mass is 10.1. The van der Waals surface area contributed by atoms with Crippen molar-refractivity contribution in [2.45, 2.75) is 19.4 Å². The first kappa shape index (κ1) is 11.3. The van der Waals surface area contributed by atoms with Crippen LogP contribution in [0.2, 0.25) is 0 Å². The normalized spacial score (nSPS) is 11.8. The first-order chi connectivity index (χ1) is 7.13. The summed E-state index contributed by atoms with van der Waals surface area (Å²) in [7, 11) is 0. The monoisotopic (exact) mass is 205 g/mol. The lowest BCUT2D eigenvalue weighted by Gasteiger charge is -2.09. The number of aromatic hydroxyl groups is 1. The first-order valence-corrected chi connectivity index (χ1v) is 4.82. The summed E-state index contributed by atoms with van der Waals surface area (Å²) in [4.78, 5) is 11.5. The number of phenols is 1. The van der Waals surface area contributed by atoms with Crippen LogP contribution in [0, 0.1) is 0 Å². The summed E-state index contributed by atoms with van der Waals surface area (Å²) >= 11 is 0. The third-order valence-electron chi connectivity index (χ3n) is 2.08. The van der Waals surface area contributed by atoms with Gasteiger partial charge in [0.1, 0.15) is 5.75 Å². The molecular weight excluding hydrogens is 190 g/mol. The van der Waals surface area contributed by atoms with Gasteiger partial charge < -0.3 is 10.4 Å². The van der Waals surface area contributed by atoms with Crippen molar-refractivity contribution in [1.82, 2.24) is 5.32 Å². The zero-order valence-corrected chi connectivity index (χ0v) is 8.73. The number of hydrogen-bond acceptors (Lipinski definition) is 2. The van der Waals surface area contributed by atoms with Gasteiger partial charge in [-0.15, -0.1) is 6.58 Å². The fourth-order valence-electron chi connectivity index (χ4n) is 1.20. The average Bonchev–Trinajstić information content (AvgIpc) is 2.21. The molecule has 2 N–H and O–H groups in total. The van der Waals surface area contributed by atoms with Crippen molar-refractivity contribution < 1.29 is 9.90 Å². The summed E-state index contributed by atoms with van der Waals surface area (Å²) < 4.78 is 0. The van der Waals surface area contributed by atoms with Gasteiger partial charge in [0.05, 0.1) is 6.42 Å². The zero-order valence-electron chi connectivity index (χ0n) is 8.73. The van der Waals surface area contributed by atoms with Gasteiger partial charge in [-0.2, -0.15) is 0 Å². The quantitative estimate of drug-likeness (QED) is 0.734. The van der Waals surface area contributed by atoms with Crippen molar-refractivity contribution in [2.75, 3.05) is 0 Å². The number of benzene rings is 1. The molecule has 0 spiro atoms. The van der Waals surface area contributed by atoms with Gasteiger partial charge in [-0.05, 0) is 13.0 Å². The smallest absolute Gasteiger partial charge is 0.225 e. The summed E-state index contributed by atoms with van der Waals surface area (Å²) in [5.74, 6) is 0.0304. The minimum atomic E-state index is -0.121. The van der Waals surface area contributed by atoms with Crippen molar-refractivity contribution in [1.29, 1.82) is 0 Å². The standard InChI is InChI=1S/C12H15NO2/c1-3-9(2)13-12(15)8-10-6-4-5-7-11(10)14/h3-7,9,14H,1,8H2,2H3,(H,13,15). The van der Waals surface area contributed by atoms with Crippen LogP contribution in [0.5, 0.6) is 5.75 Å². The molecule has 0 radical (unpaired) electrons. The van der Waals surface area contributed by atoms with Gasteiger partial charge in [0.25, 0.3) is 0 Å². The lowest BCUT2D eigenvalue weighted by Crippen LogP contribution is -2.32. The summed E-state index contributed by atoms with van der Waals surface area (Å²) in [6.07, 6.45) is 1.84. The van der Waals surface area contributed by atoms with E-state index in [1.54, 1.807) is 30.3 Å². The second-order valence-electron chi connectivity index (χ2n) is 3.40. The first-order valence-electron chi connectivity index (χ1n) is 4.82. The second kappa shape index (κ2) is 5.20. The predicted octanol–water partition coefficient (Wildman–Crippen LogP) is 1.63.